The molecule has 0 amide bonds. The van der Waals surface area contributed by atoms with Gasteiger partial charge in [-0.1, -0.05) is 45.7 Å². The number of nitrogens with one attached hydrogen (secondary N) is 1. The maximum absolute atomic E-state index is 13.0. The summed E-state index contributed by atoms with van der Waals surface area (Å²) in [5.41, 5.74) is 3.40. The Labute approximate surface area is 125 Å². The first-order valence-corrected chi connectivity index (χ1v) is 7.13. The second-order valence-corrected chi connectivity index (χ2v) is 5.70. The average Bonchev–Trinajstić information content (AvgIpc) is 2.38. The van der Waals surface area contributed by atoms with Crippen molar-refractivity contribution in [2.24, 2.45) is 0 Å². The summed E-state index contributed by atoms with van der Waals surface area (Å²) in [4.78, 5) is 0. The van der Waals surface area contributed by atoms with Crippen molar-refractivity contribution in [2.45, 2.75) is 20.0 Å². The van der Waals surface area contributed by atoms with Gasteiger partial charge in [-0.2, -0.15) is 0 Å². The van der Waals surface area contributed by atoms with E-state index in [1.165, 1.54) is 17.2 Å². The molecule has 0 saturated heterocycles. The maximum Gasteiger partial charge on any atom is 0.141 e. The highest BCUT2D eigenvalue weighted by Crippen LogP contribution is 2.18. The van der Waals surface area contributed by atoms with Crippen LogP contribution >= 0.6 is 27.5 Å². The average molecular weight is 343 g/mol. The van der Waals surface area contributed by atoms with Gasteiger partial charge in [-0.05, 0) is 41.8 Å². The first kappa shape index (κ1) is 14.5. The number of hydrogen-bond donors (Lipinski definition) is 1. The predicted molar refractivity (Wildman–Crippen MR) is 80.8 cm³/mol. The van der Waals surface area contributed by atoms with Crippen molar-refractivity contribution in [3.8, 4) is 0 Å². The van der Waals surface area contributed by atoms with Crippen molar-refractivity contribution in [3.05, 3.63) is 68.4 Å². The number of halogens is 3. The van der Waals surface area contributed by atoms with Gasteiger partial charge < -0.3 is 5.32 Å². The summed E-state index contributed by atoms with van der Waals surface area (Å²) in [5.74, 6) is -0.381. The molecule has 0 radical (unpaired) electrons. The van der Waals surface area contributed by atoms with E-state index in [1.54, 1.807) is 12.1 Å². The molecule has 0 heterocycles. The van der Waals surface area contributed by atoms with Crippen molar-refractivity contribution < 1.29 is 4.39 Å². The first-order chi connectivity index (χ1) is 9.06. The van der Waals surface area contributed by atoms with Crippen LogP contribution in [0.3, 0.4) is 0 Å². The summed E-state index contributed by atoms with van der Waals surface area (Å²) in [6, 6.07) is 11.0. The molecular formula is C15H14BrClFN. The molecule has 0 spiro atoms. The molecule has 0 aromatic heterocycles. The van der Waals surface area contributed by atoms with E-state index in [2.05, 4.69) is 40.3 Å². The lowest BCUT2D eigenvalue weighted by Crippen LogP contribution is -2.12. The number of aryl methyl sites for hydroxylation is 1. The monoisotopic (exact) mass is 341 g/mol. The smallest absolute Gasteiger partial charge is 0.141 e. The lowest BCUT2D eigenvalue weighted by Gasteiger charge is -2.07. The fourth-order valence-electron chi connectivity index (χ4n) is 1.82. The van der Waals surface area contributed by atoms with E-state index in [-0.39, 0.29) is 10.8 Å². The van der Waals surface area contributed by atoms with Crippen LogP contribution in [0.2, 0.25) is 5.02 Å². The van der Waals surface area contributed by atoms with E-state index in [1.807, 2.05) is 6.07 Å². The second kappa shape index (κ2) is 6.51. The van der Waals surface area contributed by atoms with Gasteiger partial charge in [0.1, 0.15) is 5.82 Å². The van der Waals surface area contributed by atoms with Crippen LogP contribution < -0.4 is 5.32 Å². The molecule has 0 unspecified atom stereocenters. The lowest BCUT2D eigenvalue weighted by atomic mass is 10.1. The highest BCUT2D eigenvalue weighted by molar-refractivity contribution is 9.10. The van der Waals surface area contributed by atoms with Crippen molar-refractivity contribution >= 4 is 27.5 Å². The Hall–Kier alpha value is -0.900. The largest absolute Gasteiger partial charge is 0.309 e. The Balaban J connectivity index is 1.92. The Morgan fingerprint density at radius 3 is 2.37 bits per heavy atom. The minimum Gasteiger partial charge on any atom is -0.309 e. The molecule has 2 rings (SSSR count). The summed E-state index contributed by atoms with van der Waals surface area (Å²) in [6.45, 7) is 3.49. The first-order valence-electron chi connectivity index (χ1n) is 5.96. The minimum atomic E-state index is -0.381. The molecule has 0 bridgehead atoms. The minimum absolute atomic E-state index is 0.166. The van der Waals surface area contributed by atoms with Crippen molar-refractivity contribution in [1.29, 1.82) is 0 Å². The normalized spacial score (nSPS) is 10.7. The van der Waals surface area contributed by atoms with Gasteiger partial charge in [-0.15, -0.1) is 0 Å². The van der Waals surface area contributed by atoms with Crippen LogP contribution in [0.25, 0.3) is 0 Å². The summed E-state index contributed by atoms with van der Waals surface area (Å²) in [7, 11) is 0. The number of benzene rings is 2. The Bertz CT molecular complexity index is 535. The van der Waals surface area contributed by atoms with Crippen LogP contribution in [0.4, 0.5) is 4.39 Å². The van der Waals surface area contributed by atoms with Gasteiger partial charge in [-0.25, -0.2) is 4.39 Å². The van der Waals surface area contributed by atoms with E-state index in [0.29, 0.717) is 6.54 Å². The van der Waals surface area contributed by atoms with Crippen LogP contribution in [0.15, 0.2) is 40.9 Å². The van der Waals surface area contributed by atoms with Crippen LogP contribution in [0, 0.1) is 12.7 Å². The third-order valence-corrected chi connectivity index (χ3v) is 4.04. The molecule has 1 nitrogen and oxygen atoms in total. The maximum atomic E-state index is 13.0. The summed E-state index contributed by atoms with van der Waals surface area (Å²) < 4.78 is 14.1. The molecule has 2 aromatic rings. The zero-order chi connectivity index (χ0) is 13.8. The highest BCUT2D eigenvalue weighted by atomic mass is 79.9. The van der Waals surface area contributed by atoms with Crippen LogP contribution in [0.5, 0.6) is 0 Å². The quantitative estimate of drug-likeness (QED) is 0.838. The zero-order valence-electron chi connectivity index (χ0n) is 10.5. The molecule has 19 heavy (non-hydrogen) atoms. The summed E-state index contributed by atoms with van der Waals surface area (Å²) >= 11 is 9.22. The van der Waals surface area contributed by atoms with E-state index in [4.69, 9.17) is 11.6 Å². The molecule has 0 aliphatic heterocycles. The fraction of sp³-hybridized carbons (Fsp3) is 0.200. The van der Waals surface area contributed by atoms with Gasteiger partial charge in [0.15, 0.2) is 0 Å². The van der Waals surface area contributed by atoms with Crippen molar-refractivity contribution in [3.63, 3.8) is 0 Å². The van der Waals surface area contributed by atoms with Crippen molar-refractivity contribution in [1.82, 2.24) is 5.32 Å². The van der Waals surface area contributed by atoms with Gasteiger partial charge in [0.05, 0.1) is 5.02 Å². The van der Waals surface area contributed by atoms with Gasteiger partial charge in [0.25, 0.3) is 0 Å². The molecule has 0 aliphatic rings. The highest BCUT2D eigenvalue weighted by Gasteiger charge is 2.01. The zero-order valence-corrected chi connectivity index (χ0v) is 12.9. The van der Waals surface area contributed by atoms with Crippen LogP contribution in [0.1, 0.15) is 16.7 Å². The molecule has 4 heteroatoms. The van der Waals surface area contributed by atoms with Gasteiger partial charge in [-0.3, -0.25) is 0 Å². The van der Waals surface area contributed by atoms with Gasteiger partial charge >= 0.3 is 0 Å². The molecular weight excluding hydrogens is 329 g/mol. The third kappa shape index (κ3) is 4.03. The number of hydrogen-bond acceptors (Lipinski definition) is 1. The van der Waals surface area contributed by atoms with Crippen molar-refractivity contribution in [2.75, 3.05) is 0 Å². The molecule has 2 aromatic carbocycles. The molecule has 1 N–H and O–H groups in total. The van der Waals surface area contributed by atoms with Crippen LogP contribution in [-0.2, 0) is 13.1 Å². The topological polar surface area (TPSA) is 12.0 Å². The van der Waals surface area contributed by atoms with Gasteiger partial charge in [0.2, 0.25) is 0 Å². The lowest BCUT2D eigenvalue weighted by molar-refractivity contribution is 0.625. The molecule has 0 fully saturated rings. The summed E-state index contributed by atoms with van der Waals surface area (Å²) in [6.07, 6.45) is 0. The Morgan fingerprint density at radius 1 is 1.11 bits per heavy atom. The number of rotatable bonds is 4. The molecule has 0 aliphatic carbocycles. The SMILES string of the molecule is Cc1cc(CNCc2ccc(F)c(Cl)c2)ccc1Br. The molecule has 100 valence electrons. The molecule has 0 atom stereocenters. The van der Waals surface area contributed by atoms with E-state index in [0.717, 1.165) is 16.6 Å². The molecule has 0 saturated carbocycles. The van der Waals surface area contributed by atoms with E-state index < -0.39 is 0 Å². The third-order valence-electron chi connectivity index (χ3n) is 2.86. The van der Waals surface area contributed by atoms with Crippen LogP contribution in [-0.4, -0.2) is 0 Å². The van der Waals surface area contributed by atoms with E-state index >= 15 is 0 Å². The van der Waals surface area contributed by atoms with Gasteiger partial charge in [0, 0.05) is 17.6 Å². The predicted octanol–water partition coefficient (Wildman–Crippen LogP) is 4.84. The Morgan fingerprint density at radius 2 is 1.74 bits per heavy atom. The fourth-order valence-corrected chi connectivity index (χ4v) is 2.27. The second-order valence-electron chi connectivity index (χ2n) is 4.44. The summed E-state index contributed by atoms with van der Waals surface area (Å²) in [5, 5.41) is 3.48. The van der Waals surface area contributed by atoms with E-state index in [9.17, 15) is 4.39 Å². The Kier molecular flexibility index (Phi) is 4.97. The standard InChI is InChI=1S/C15H14BrClFN/c1-10-6-11(2-4-13(10)16)8-19-9-12-3-5-15(18)14(17)7-12/h2-7,19H,8-9H2,1H3.